The molecule has 0 amide bonds. The molecule has 38 heavy (non-hydrogen) atoms. The van der Waals surface area contributed by atoms with Gasteiger partial charge in [0.2, 0.25) is 0 Å². The number of hydrogen-bond acceptors (Lipinski definition) is 3. The molecule has 1 aliphatic carbocycles. The van der Waals surface area contributed by atoms with E-state index in [9.17, 15) is 26.3 Å². The molecule has 3 nitrogen and oxygen atoms in total. The van der Waals surface area contributed by atoms with Crippen LogP contribution in [0.1, 0.15) is 60.4 Å². The zero-order valence-corrected chi connectivity index (χ0v) is 21.9. The van der Waals surface area contributed by atoms with E-state index in [0.717, 1.165) is 38.3 Å². The molecule has 9 heteroatoms. The van der Waals surface area contributed by atoms with Gasteiger partial charge in [0.05, 0.1) is 11.1 Å². The van der Waals surface area contributed by atoms with E-state index in [1.54, 1.807) is 0 Å². The average molecular weight is 542 g/mol. The van der Waals surface area contributed by atoms with Crippen molar-refractivity contribution in [3.63, 3.8) is 0 Å². The molecule has 1 unspecified atom stereocenters. The summed E-state index contributed by atoms with van der Waals surface area (Å²) in [5.41, 5.74) is -1.31. The minimum atomic E-state index is -4.83. The second-order valence-corrected chi connectivity index (χ2v) is 10.7. The molecular weight excluding hydrogens is 504 g/mol. The summed E-state index contributed by atoms with van der Waals surface area (Å²) in [5.74, 6) is 0. The van der Waals surface area contributed by atoms with Gasteiger partial charge in [0, 0.05) is 51.4 Å². The maximum atomic E-state index is 13.3. The molecule has 0 N–H and O–H groups in total. The first-order valence-electron chi connectivity index (χ1n) is 13.5. The normalized spacial score (nSPS) is 19.7. The molecule has 0 aromatic heterocycles. The first-order chi connectivity index (χ1) is 18.0. The molecule has 2 aliphatic rings. The van der Waals surface area contributed by atoms with Gasteiger partial charge in [-0.05, 0) is 55.6 Å². The Morgan fingerprint density at radius 3 is 1.95 bits per heavy atom. The molecule has 2 fully saturated rings. The standard InChI is InChI=1S/C29H37F6N3/c1-36(13-12-22-18-24(28(30,31)32)20-25(19-22)29(33,34)35)21-27(23-8-4-2-5-9-23)38-16-14-37(15-17-38)26-10-6-3-7-11-26/h2,4-5,8-9,18-20,26-27H,3,6-7,10-17,21H2,1H3. The lowest BCUT2D eigenvalue weighted by molar-refractivity contribution is -0.143. The van der Waals surface area contributed by atoms with Crippen LogP contribution in [-0.2, 0) is 18.8 Å². The summed E-state index contributed by atoms with van der Waals surface area (Å²) in [4.78, 5) is 7.10. The Kier molecular flexibility index (Phi) is 9.42. The summed E-state index contributed by atoms with van der Waals surface area (Å²) in [6, 6.07) is 12.8. The fourth-order valence-corrected chi connectivity index (χ4v) is 5.84. The van der Waals surface area contributed by atoms with Gasteiger partial charge in [0.1, 0.15) is 0 Å². The van der Waals surface area contributed by atoms with Crippen LogP contribution in [0.25, 0.3) is 0 Å². The molecule has 1 aliphatic heterocycles. The van der Waals surface area contributed by atoms with E-state index in [4.69, 9.17) is 0 Å². The summed E-state index contributed by atoms with van der Waals surface area (Å²) in [6.45, 7) is 4.89. The Hall–Kier alpha value is -2.10. The van der Waals surface area contributed by atoms with E-state index in [-0.39, 0.29) is 24.1 Å². The van der Waals surface area contributed by atoms with E-state index >= 15 is 0 Å². The van der Waals surface area contributed by atoms with Crippen LogP contribution in [0.15, 0.2) is 48.5 Å². The Labute approximate surface area is 221 Å². The number of alkyl halides is 6. The first-order valence-corrected chi connectivity index (χ1v) is 13.5. The third-order valence-corrected chi connectivity index (χ3v) is 7.98. The number of hydrogen-bond donors (Lipinski definition) is 0. The molecular formula is C29H37F6N3. The third-order valence-electron chi connectivity index (χ3n) is 7.98. The highest BCUT2D eigenvalue weighted by Crippen LogP contribution is 2.36. The van der Waals surface area contributed by atoms with Crippen LogP contribution in [-0.4, -0.2) is 67.1 Å². The fourth-order valence-electron chi connectivity index (χ4n) is 5.84. The van der Waals surface area contributed by atoms with Crippen LogP contribution in [0.3, 0.4) is 0 Å². The summed E-state index contributed by atoms with van der Waals surface area (Å²) in [7, 11) is 1.88. The van der Waals surface area contributed by atoms with Gasteiger partial charge in [-0.2, -0.15) is 26.3 Å². The largest absolute Gasteiger partial charge is 0.416 e. The smallest absolute Gasteiger partial charge is 0.304 e. The van der Waals surface area contributed by atoms with Gasteiger partial charge in [-0.1, -0.05) is 49.6 Å². The van der Waals surface area contributed by atoms with Crippen molar-refractivity contribution in [2.24, 2.45) is 0 Å². The fraction of sp³-hybridized carbons (Fsp3) is 0.586. The lowest BCUT2D eigenvalue weighted by atomic mass is 9.93. The first kappa shape index (κ1) is 28.9. The average Bonchev–Trinajstić information content (AvgIpc) is 2.90. The van der Waals surface area contributed by atoms with E-state index < -0.39 is 23.5 Å². The number of piperazine rings is 1. The zero-order chi connectivity index (χ0) is 27.3. The zero-order valence-electron chi connectivity index (χ0n) is 21.9. The molecule has 1 saturated carbocycles. The van der Waals surface area contributed by atoms with Gasteiger partial charge < -0.3 is 4.90 Å². The number of halogens is 6. The highest BCUT2D eigenvalue weighted by molar-refractivity contribution is 5.34. The molecule has 2 aromatic rings. The number of benzene rings is 2. The minimum Gasteiger partial charge on any atom is -0.304 e. The Morgan fingerprint density at radius 2 is 1.39 bits per heavy atom. The Morgan fingerprint density at radius 1 is 0.816 bits per heavy atom. The summed E-state index contributed by atoms with van der Waals surface area (Å²) < 4.78 is 79.6. The molecule has 2 aromatic carbocycles. The summed E-state index contributed by atoms with van der Waals surface area (Å²) in [5, 5.41) is 0. The lowest BCUT2D eigenvalue weighted by Crippen LogP contribution is -2.52. The van der Waals surface area contributed by atoms with E-state index in [1.807, 2.05) is 30.1 Å². The van der Waals surface area contributed by atoms with E-state index in [2.05, 4.69) is 21.9 Å². The van der Waals surface area contributed by atoms with Crippen LogP contribution in [0, 0.1) is 0 Å². The van der Waals surface area contributed by atoms with Gasteiger partial charge in [-0.3, -0.25) is 9.80 Å². The van der Waals surface area contributed by atoms with E-state index in [1.165, 1.54) is 37.7 Å². The van der Waals surface area contributed by atoms with Crippen molar-refractivity contribution in [1.29, 1.82) is 0 Å². The number of nitrogens with zero attached hydrogens (tertiary/aromatic N) is 3. The topological polar surface area (TPSA) is 9.72 Å². The summed E-state index contributed by atoms with van der Waals surface area (Å²) in [6.07, 6.45) is -3.08. The predicted molar refractivity (Wildman–Crippen MR) is 137 cm³/mol. The van der Waals surface area contributed by atoms with Gasteiger partial charge in [-0.25, -0.2) is 0 Å². The lowest BCUT2D eigenvalue weighted by Gasteiger charge is -2.44. The van der Waals surface area contributed by atoms with Crippen molar-refractivity contribution in [2.75, 3.05) is 46.3 Å². The minimum absolute atomic E-state index is 0.0383. The van der Waals surface area contributed by atoms with E-state index in [0.29, 0.717) is 19.1 Å². The summed E-state index contributed by atoms with van der Waals surface area (Å²) >= 11 is 0. The van der Waals surface area contributed by atoms with Crippen molar-refractivity contribution >= 4 is 0 Å². The van der Waals surface area contributed by atoms with Crippen LogP contribution < -0.4 is 0 Å². The molecule has 210 valence electrons. The van der Waals surface area contributed by atoms with Crippen LogP contribution in [0.5, 0.6) is 0 Å². The highest BCUT2D eigenvalue weighted by Gasteiger charge is 2.37. The predicted octanol–water partition coefficient (Wildman–Crippen LogP) is 6.89. The van der Waals surface area contributed by atoms with Gasteiger partial charge >= 0.3 is 12.4 Å². The van der Waals surface area contributed by atoms with Crippen molar-refractivity contribution < 1.29 is 26.3 Å². The third kappa shape index (κ3) is 7.73. The molecule has 1 saturated heterocycles. The maximum absolute atomic E-state index is 13.3. The molecule has 1 heterocycles. The molecule has 0 spiro atoms. The second kappa shape index (κ2) is 12.4. The van der Waals surface area contributed by atoms with Gasteiger partial charge in [-0.15, -0.1) is 0 Å². The van der Waals surface area contributed by atoms with Crippen LogP contribution in [0.2, 0.25) is 0 Å². The van der Waals surface area contributed by atoms with Crippen LogP contribution >= 0.6 is 0 Å². The Bertz CT molecular complexity index is 977. The molecule has 0 radical (unpaired) electrons. The molecule has 4 rings (SSSR count). The van der Waals surface area contributed by atoms with Crippen molar-refractivity contribution in [3.8, 4) is 0 Å². The van der Waals surface area contributed by atoms with Crippen molar-refractivity contribution in [1.82, 2.24) is 14.7 Å². The highest BCUT2D eigenvalue weighted by atomic mass is 19.4. The molecule has 0 bridgehead atoms. The molecule has 1 atom stereocenters. The van der Waals surface area contributed by atoms with Crippen molar-refractivity contribution in [3.05, 3.63) is 70.8 Å². The number of likely N-dealkylation sites (N-methyl/N-ethyl adjacent to an activating group) is 1. The maximum Gasteiger partial charge on any atom is 0.416 e. The van der Waals surface area contributed by atoms with Crippen molar-refractivity contribution in [2.45, 2.75) is 63.0 Å². The van der Waals surface area contributed by atoms with Gasteiger partial charge in [0.15, 0.2) is 0 Å². The van der Waals surface area contributed by atoms with Crippen LogP contribution in [0.4, 0.5) is 26.3 Å². The Balaban J connectivity index is 1.42. The monoisotopic (exact) mass is 541 g/mol. The quantitative estimate of drug-likeness (QED) is 0.337. The SMILES string of the molecule is CN(CCc1cc(C(F)(F)F)cc(C(F)(F)F)c1)CC(c1ccccc1)N1CCN(C2CCCCC2)CC1. The second-order valence-electron chi connectivity index (χ2n) is 10.7. The van der Waals surface area contributed by atoms with Gasteiger partial charge in [0.25, 0.3) is 0 Å². The number of rotatable bonds is 8.